The van der Waals surface area contributed by atoms with Crippen LogP contribution in [-0.2, 0) is 24.2 Å². The summed E-state index contributed by atoms with van der Waals surface area (Å²) in [6.07, 6.45) is 1.69. The van der Waals surface area contributed by atoms with Crippen molar-refractivity contribution in [1.82, 2.24) is 9.55 Å². The Morgan fingerprint density at radius 1 is 1.10 bits per heavy atom. The van der Waals surface area contributed by atoms with Gasteiger partial charge in [0.25, 0.3) is 5.56 Å². The molecule has 6 heteroatoms. The number of anilines is 1. The third kappa shape index (κ3) is 5.60. The molecular weight excluding hydrogens is 394 g/mol. The van der Waals surface area contributed by atoms with E-state index in [0.717, 1.165) is 35.4 Å². The summed E-state index contributed by atoms with van der Waals surface area (Å²) in [5, 5.41) is 3.57. The van der Waals surface area contributed by atoms with Crippen LogP contribution in [0.4, 0.5) is 5.69 Å². The standard InChI is InChI=1S/C24H27N3O2S/c1-4-20-12-8-9-17(2)23(20)26-21(28)16-27-22(29)15-18(3)25-24(27)30-14-13-19-10-6-5-7-11-19/h5-12,15H,4,13-14,16H2,1-3H3,(H,26,28). The lowest BCUT2D eigenvalue weighted by Crippen LogP contribution is -2.30. The number of amides is 1. The molecule has 0 aliphatic carbocycles. The molecule has 1 amide bonds. The molecule has 0 aliphatic heterocycles. The van der Waals surface area contributed by atoms with Gasteiger partial charge in [-0.2, -0.15) is 0 Å². The minimum atomic E-state index is -0.225. The van der Waals surface area contributed by atoms with Gasteiger partial charge in [0, 0.05) is 23.2 Å². The number of benzene rings is 2. The van der Waals surface area contributed by atoms with E-state index in [2.05, 4.69) is 29.4 Å². The Balaban J connectivity index is 1.75. The van der Waals surface area contributed by atoms with Gasteiger partial charge in [0.15, 0.2) is 5.16 Å². The summed E-state index contributed by atoms with van der Waals surface area (Å²) in [6, 6.07) is 17.6. The summed E-state index contributed by atoms with van der Waals surface area (Å²) < 4.78 is 1.46. The first kappa shape index (κ1) is 21.8. The fourth-order valence-corrected chi connectivity index (χ4v) is 4.32. The number of carbonyl (C=O) groups is 1. The Hall–Kier alpha value is -2.86. The van der Waals surface area contributed by atoms with Crippen LogP contribution in [0, 0.1) is 13.8 Å². The lowest BCUT2D eigenvalue weighted by atomic mass is 10.1. The second kappa shape index (κ2) is 10.3. The second-order valence-corrected chi connectivity index (χ2v) is 8.26. The average molecular weight is 422 g/mol. The van der Waals surface area contributed by atoms with Crippen molar-refractivity contribution < 1.29 is 4.79 Å². The molecule has 1 aromatic heterocycles. The maximum Gasteiger partial charge on any atom is 0.254 e. The van der Waals surface area contributed by atoms with Gasteiger partial charge in [0.1, 0.15) is 6.54 Å². The van der Waals surface area contributed by atoms with Crippen molar-refractivity contribution in [1.29, 1.82) is 0 Å². The second-order valence-electron chi connectivity index (χ2n) is 7.20. The molecule has 1 N–H and O–H groups in total. The van der Waals surface area contributed by atoms with Crippen LogP contribution < -0.4 is 10.9 Å². The van der Waals surface area contributed by atoms with Gasteiger partial charge in [0.2, 0.25) is 5.91 Å². The van der Waals surface area contributed by atoms with E-state index >= 15 is 0 Å². The molecular formula is C24H27N3O2S. The molecule has 0 saturated carbocycles. The zero-order chi connectivity index (χ0) is 21.5. The maximum absolute atomic E-state index is 12.8. The monoisotopic (exact) mass is 421 g/mol. The molecule has 0 bridgehead atoms. The van der Waals surface area contributed by atoms with E-state index in [1.807, 2.05) is 43.3 Å². The van der Waals surface area contributed by atoms with Gasteiger partial charge in [-0.25, -0.2) is 4.98 Å². The third-order valence-electron chi connectivity index (χ3n) is 4.87. The van der Waals surface area contributed by atoms with Gasteiger partial charge in [0.05, 0.1) is 0 Å². The highest BCUT2D eigenvalue weighted by molar-refractivity contribution is 7.99. The van der Waals surface area contributed by atoms with Crippen LogP contribution >= 0.6 is 11.8 Å². The van der Waals surface area contributed by atoms with Gasteiger partial charge >= 0.3 is 0 Å². The number of rotatable bonds is 8. The van der Waals surface area contributed by atoms with Crippen molar-refractivity contribution in [3.63, 3.8) is 0 Å². The quantitative estimate of drug-likeness (QED) is 0.433. The van der Waals surface area contributed by atoms with Crippen LogP contribution in [0.5, 0.6) is 0 Å². The van der Waals surface area contributed by atoms with Crippen molar-refractivity contribution >= 4 is 23.4 Å². The van der Waals surface area contributed by atoms with E-state index in [4.69, 9.17) is 0 Å². The van der Waals surface area contributed by atoms with Gasteiger partial charge in [-0.1, -0.05) is 67.2 Å². The van der Waals surface area contributed by atoms with Crippen molar-refractivity contribution in [3.8, 4) is 0 Å². The molecule has 3 aromatic rings. The van der Waals surface area contributed by atoms with Crippen LogP contribution in [0.25, 0.3) is 0 Å². The molecule has 0 spiro atoms. The maximum atomic E-state index is 12.8. The van der Waals surface area contributed by atoms with E-state index < -0.39 is 0 Å². The number of para-hydroxylation sites is 1. The number of nitrogens with one attached hydrogen (secondary N) is 1. The zero-order valence-corrected chi connectivity index (χ0v) is 18.5. The molecule has 1 heterocycles. The van der Waals surface area contributed by atoms with Crippen LogP contribution in [0.1, 0.15) is 29.3 Å². The van der Waals surface area contributed by atoms with E-state index in [1.54, 1.807) is 6.92 Å². The molecule has 30 heavy (non-hydrogen) atoms. The van der Waals surface area contributed by atoms with E-state index in [9.17, 15) is 9.59 Å². The van der Waals surface area contributed by atoms with Gasteiger partial charge in [-0.3, -0.25) is 14.2 Å². The minimum Gasteiger partial charge on any atom is -0.324 e. The number of nitrogens with zero attached hydrogens (tertiary/aromatic N) is 2. The predicted molar refractivity (Wildman–Crippen MR) is 123 cm³/mol. The minimum absolute atomic E-state index is 0.0583. The lowest BCUT2D eigenvalue weighted by Gasteiger charge is -2.15. The van der Waals surface area contributed by atoms with E-state index in [-0.39, 0.29) is 18.0 Å². The van der Waals surface area contributed by atoms with Crippen LogP contribution in [0.3, 0.4) is 0 Å². The van der Waals surface area contributed by atoms with Crippen molar-refractivity contribution in [2.75, 3.05) is 11.1 Å². The molecule has 3 rings (SSSR count). The largest absolute Gasteiger partial charge is 0.324 e. The summed E-state index contributed by atoms with van der Waals surface area (Å²) >= 11 is 1.50. The van der Waals surface area contributed by atoms with Crippen LogP contribution in [0.15, 0.2) is 64.5 Å². The number of aryl methyl sites for hydroxylation is 4. The molecule has 0 saturated heterocycles. The Bertz CT molecular complexity index is 1080. The Morgan fingerprint density at radius 3 is 2.60 bits per heavy atom. The third-order valence-corrected chi connectivity index (χ3v) is 5.85. The molecule has 0 atom stereocenters. The van der Waals surface area contributed by atoms with E-state index in [0.29, 0.717) is 10.9 Å². The van der Waals surface area contributed by atoms with Crippen LogP contribution in [0.2, 0.25) is 0 Å². The molecule has 0 unspecified atom stereocenters. The summed E-state index contributed by atoms with van der Waals surface area (Å²) in [6.45, 7) is 5.77. The highest BCUT2D eigenvalue weighted by atomic mass is 32.2. The Morgan fingerprint density at radius 2 is 1.87 bits per heavy atom. The Kier molecular flexibility index (Phi) is 7.46. The number of hydrogen-bond donors (Lipinski definition) is 1. The first-order valence-electron chi connectivity index (χ1n) is 10.1. The molecule has 0 aliphatic rings. The average Bonchev–Trinajstić information content (AvgIpc) is 2.72. The highest BCUT2D eigenvalue weighted by Gasteiger charge is 2.14. The number of hydrogen-bond acceptors (Lipinski definition) is 4. The van der Waals surface area contributed by atoms with E-state index in [1.165, 1.54) is 28.0 Å². The summed E-state index contributed by atoms with van der Waals surface area (Å²) in [4.78, 5) is 29.9. The predicted octanol–water partition coefficient (Wildman–Crippen LogP) is 4.40. The van der Waals surface area contributed by atoms with Gasteiger partial charge in [-0.15, -0.1) is 0 Å². The molecule has 2 aromatic carbocycles. The first-order valence-corrected chi connectivity index (χ1v) is 11.1. The fourth-order valence-electron chi connectivity index (χ4n) is 3.28. The number of aromatic nitrogens is 2. The Labute approximate surface area is 181 Å². The summed E-state index contributed by atoms with van der Waals surface area (Å²) in [7, 11) is 0. The normalized spacial score (nSPS) is 10.8. The smallest absolute Gasteiger partial charge is 0.254 e. The molecule has 0 fully saturated rings. The van der Waals surface area contributed by atoms with Crippen molar-refractivity contribution in [2.45, 2.75) is 45.3 Å². The summed E-state index contributed by atoms with van der Waals surface area (Å²) in [5.41, 5.74) is 4.60. The van der Waals surface area contributed by atoms with Crippen molar-refractivity contribution in [2.24, 2.45) is 0 Å². The zero-order valence-electron chi connectivity index (χ0n) is 17.6. The molecule has 156 valence electrons. The van der Waals surface area contributed by atoms with Gasteiger partial charge < -0.3 is 5.32 Å². The lowest BCUT2D eigenvalue weighted by molar-refractivity contribution is -0.116. The SMILES string of the molecule is CCc1cccc(C)c1NC(=O)Cn1c(SCCc2ccccc2)nc(C)cc1=O. The molecule has 0 radical (unpaired) electrons. The summed E-state index contributed by atoms with van der Waals surface area (Å²) in [5.74, 6) is 0.552. The number of thioether (sulfide) groups is 1. The topological polar surface area (TPSA) is 64.0 Å². The first-order chi connectivity index (χ1) is 14.5. The molecule has 5 nitrogen and oxygen atoms in total. The van der Waals surface area contributed by atoms with Gasteiger partial charge in [-0.05, 0) is 43.4 Å². The van der Waals surface area contributed by atoms with Crippen molar-refractivity contribution in [3.05, 3.63) is 87.3 Å². The van der Waals surface area contributed by atoms with Crippen LogP contribution in [-0.4, -0.2) is 21.2 Å². The highest BCUT2D eigenvalue weighted by Crippen LogP contribution is 2.21. The fraction of sp³-hybridized carbons (Fsp3) is 0.292. The number of carbonyl (C=O) groups excluding carboxylic acids is 1.